The zero-order valence-electron chi connectivity index (χ0n) is 15.6. The lowest BCUT2D eigenvalue weighted by Gasteiger charge is -2.09. The number of methoxy groups -OCH3 is 1. The number of pyridine rings is 1. The van der Waals surface area contributed by atoms with Crippen LogP contribution in [0.3, 0.4) is 0 Å². The number of aromatic nitrogens is 4. The highest BCUT2D eigenvalue weighted by atomic mass is 32.2. The summed E-state index contributed by atoms with van der Waals surface area (Å²) in [5.74, 6) is 0.132. The van der Waals surface area contributed by atoms with Crippen LogP contribution in [0.15, 0.2) is 35.6 Å². The second kappa shape index (κ2) is 8.39. The van der Waals surface area contributed by atoms with Crippen molar-refractivity contribution in [2.24, 2.45) is 0 Å². The fraction of sp³-hybridized carbons (Fsp3) is 0.368. The third-order valence-electron chi connectivity index (χ3n) is 4.48. The van der Waals surface area contributed by atoms with Crippen LogP contribution in [0.25, 0.3) is 5.65 Å². The number of ether oxygens (including phenoxy) is 1. The molecule has 0 amide bonds. The van der Waals surface area contributed by atoms with E-state index < -0.39 is 0 Å². The van der Waals surface area contributed by atoms with Gasteiger partial charge < -0.3 is 9.30 Å². The number of nitrogens with zero attached hydrogens (tertiary/aromatic N) is 4. The number of ketones is 1. The van der Waals surface area contributed by atoms with Crippen LogP contribution in [0, 0.1) is 13.8 Å². The van der Waals surface area contributed by atoms with Gasteiger partial charge in [0.25, 0.3) is 0 Å². The number of fused-ring (bicyclic) bond motifs is 1. The monoisotopic (exact) mass is 386 g/mol. The van der Waals surface area contributed by atoms with Gasteiger partial charge in [0.1, 0.15) is 0 Å². The van der Waals surface area contributed by atoms with E-state index in [2.05, 4.69) is 19.5 Å². The summed E-state index contributed by atoms with van der Waals surface area (Å²) >= 11 is 1.38. The molecule has 0 aromatic carbocycles. The van der Waals surface area contributed by atoms with Crippen LogP contribution in [-0.2, 0) is 16.1 Å². The first-order chi connectivity index (χ1) is 13.0. The van der Waals surface area contributed by atoms with Crippen LogP contribution in [0.5, 0.6) is 0 Å². The summed E-state index contributed by atoms with van der Waals surface area (Å²) in [7, 11) is 1.39. The van der Waals surface area contributed by atoms with Gasteiger partial charge in [-0.25, -0.2) is 0 Å². The van der Waals surface area contributed by atoms with Crippen molar-refractivity contribution in [2.45, 2.75) is 38.4 Å². The van der Waals surface area contributed by atoms with Gasteiger partial charge in [-0.3, -0.25) is 14.0 Å². The molecule has 0 fully saturated rings. The van der Waals surface area contributed by atoms with E-state index in [0.717, 1.165) is 17.0 Å². The molecule has 0 atom stereocenters. The number of Topliss-reactive ketones (excluding diaryl/α,β-unsaturated/α-hetero) is 1. The Morgan fingerprint density at radius 1 is 1.22 bits per heavy atom. The van der Waals surface area contributed by atoms with Gasteiger partial charge in [0.05, 0.1) is 12.9 Å². The molecule has 0 aliphatic rings. The van der Waals surface area contributed by atoms with Crippen LogP contribution in [-0.4, -0.2) is 43.8 Å². The third kappa shape index (κ3) is 4.21. The Morgan fingerprint density at radius 3 is 2.81 bits per heavy atom. The van der Waals surface area contributed by atoms with Gasteiger partial charge in [-0.15, -0.1) is 10.2 Å². The molecule has 0 saturated carbocycles. The van der Waals surface area contributed by atoms with Gasteiger partial charge in [0.2, 0.25) is 0 Å². The van der Waals surface area contributed by atoms with Gasteiger partial charge >= 0.3 is 5.97 Å². The number of carbonyl (C=O) groups is 2. The topological polar surface area (TPSA) is 78.5 Å². The fourth-order valence-electron chi connectivity index (χ4n) is 3.04. The molecular weight excluding hydrogens is 364 g/mol. The molecular formula is C19H22N4O3S. The highest BCUT2D eigenvalue weighted by Crippen LogP contribution is 2.22. The van der Waals surface area contributed by atoms with Gasteiger partial charge in [-0.2, -0.15) is 0 Å². The predicted octanol–water partition coefficient (Wildman–Crippen LogP) is 3.08. The minimum atomic E-state index is -0.217. The summed E-state index contributed by atoms with van der Waals surface area (Å²) < 4.78 is 8.62. The van der Waals surface area contributed by atoms with Crippen LogP contribution in [0.1, 0.15) is 34.6 Å². The molecule has 142 valence electrons. The molecule has 8 heteroatoms. The maximum absolute atomic E-state index is 12.7. The summed E-state index contributed by atoms with van der Waals surface area (Å²) in [6.07, 6.45) is 2.93. The molecule has 7 nitrogen and oxygen atoms in total. The zero-order chi connectivity index (χ0) is 19.4. The molecule has 3 aromatic rings. The lowest BCUT2D eigenvalue weighted by atomic mass is 10.2. The molecule has 3 heterocycles. The summed E-state index contributed by atoms with van der Waals surface area (Å²) in [4.78, 5) is 24.0. The van der Waals surface area contributed by atoms with E-state index in [4.69, 9.17) is 0 Å². The van der Waals surface area contributed by atoms with E-state index >= 15 is 0 Å². The van der Waals surface area contributed by atoms with Gasteiger partial charge in [0.15, 0.2) is 16.6 Å². The molecule has 0 aliphatic heterocycles. The Morgan fingerprint density at radius 2 is 2.04 bits per heavy atom. The van der Waals surface area contributed by atoms with E-state index in [0.29, 0.717) is 35.9 Å². The van der Waals surface area contributed by atoms with Crippen molar-refractivity contribution in [3.05, 3.63) is 47.4 Å². The second-order valence-corrected chi connectivity index (χ2v) is 7.18. The maximum Gasteiger partial charge on any atom is 0.305 e. The Labute approximate surface area is 161 Å². The molecule has 0 N–H and O–H groups in total. The van der Waals surface area contributed by atoms with E-state index in [1.54, 1.807) is 0 Å². The van der Waals surface area contributed by atoms with E-state index in [1.165, 1.54) is 18.9 Å². The number of esters is 1. The molecule has 27 heavy (non-hydrogen) atoms. The van der Waals surface area contributed by atoms with Crippen molar-refractivity contribution < 1.29 is 14.3 Å². The minimum absolute atomic E-state index is 0.0556. The van der Waals surface area contributed by atoms with Crippen molar-refractivity contribution in [3.8, 4) is 0 Å². The quantitative estimate of drug-likeness (QED) is 0.336. The van der Waals surface area contributed by atoms with Gasteiger partial charge in [-0.05, 0) is 38.5 Å². The summed E-state index contributed by atoms with van der Waals surface area (Å²) in [5, 5.41) is 8.94. The van der Waals surface area contributed by atoms with Crippen molar-refractivity contribution in [3.63, 3.8) is 0 Å². The zero-order valence-corrected chi connectivity index (χ0v) is 16.5. The first-order valence-electron chi connectivity index (χ1n) is 8.70. The standard InChI is InChI=1S/C19H22N4O3S/c1-13-11-15(14(2)22(13)10-6-8-18(25)26-3)16(24)12-27-19-21-20-17-7-4-5-9-23(17)19/h4-5,7,9,11H,6,8,10,12H2,1-3H3. The lowest BCUT2D eigenvalue weighted by molar-refractivity contribution is -0.140. The van der Waals surface area contributed by atoms with Crippen molar-refractivity contribution in [1.82, 2.24) is 19.2 Å². The average Bonchev–Trinajstić information content (AvgIpc) is 3.21. The molecule has 0 unspecified atom stereocenters. The number of carbonyl (C=O) groups excluding carboxylic acids is 2. The lowest BCUT2D eigenvalue weighted by Crippen LogP contribution is -2.09. The van der Waals surface area contributed by atoms with Gasteiger partial charge in [0, 0.05) is 36.1 Å². The number of hydrogen-bond acceptors (Lipinski definition) is 6. The number of aryl methyl sites for hydroxylation is 1. The smallest absolute Gasteiger partial charge is 0.305 e. The molecule has 0 saturated heterocycles. The van der Waals surface area contributed by atoms with Crippen molar-refractivity contribution >= 4 is 29.2 Å². The minimum Gasteiger partial charge on any atom is -0.469 e. The summed E-state index contributed by atoms with van der Waals surface area (Å²) in [5.41, 5.74) is 3.41. The summed E-state index contributed by atoms with van der Waals surface area (Å²) in [6, 6.07) is 7.60. The average molecular weight is 386 g/mol. The SMILES string of the molecule is COC(=O)CCCn1c(C)cc(C(=O)CSc2nnc3ccccn23)c1C. The molecule has 0 spiro atoms. The first-order valence-corrected chi connectivity index (χ1v) is 9.69. The van der Waals surface area contributed by atoms with E-state index in [1.807, 2.05) is 48.7 Å². The Balaban J connectivity index is 1.66. The Bertz CT molecular complexity index is 977. The molecule has 3 aromatic heterocycles. The molecule has 0 bridgehead atoms. The van der Waals surface area contributed by atoms with Crippen molar-refractivity contribution in [2.75, 3.05) is 12.9 Å². The summed E-state index contributed by atoms with van der Waals surface area (Å²) in [6.45, 7) is 4.60. The largest absolute Gasteiger partial charge is 0.469 e. The maximum atomic E-state index is 12.7. The Hall–Kier alpha value is -2.61. The molecule has 0 radical (unpaired) electrons. The highest BCUT2D eigenvalue weighted by molar-refractivity contribution is 7.99. The van der Waals surface area contributed by atoms with Crippen LogP contribution < -0.4 is 0 Å². The van der Waals surface area contributed by atoms with Crippen molar-refractivity contribution in [1.29, 1.82) is 0 Å². The van der Waals surface area contributed by atoms with Crippen LogP contribution >= 0.6 is 11.8 Å². The van der Waals surface area contributed by atoms with Crippen LogP contribution in [0.4, 0.5) is 0 Å². The molecule has 0 aliphatic carbocycles. The third-order valence-corrected chi connectivity index (χ3v) is 5.42. The van der Waals surface area contributed by atoms with E-state index in [-0.39, 0.29) is 11.8 Å². The Kier molecular flexibility index (Phi) is 5.95. The normalized spacial score (nSPS) is 11.1. The predicted molar refractivity (Wildman–Crippen MR) is 103 cm³/mol. The number of rotatable bonds is 8. The highest BCUT2D eigenvalue weighted by Gasteiger charge is 2.17. The first kappa shape index (κ1) is 19.2. The fourth-order valence-corrected chi connectivity index (χ4v) is 3.84. The number of hydrogen-bond donors (Lipinski definition) is 0. The molecule has 3 rings (SSSR count). The van der Waals surface area contributed by atoms with E-state index in [9.17, 15) is 9.59 Å². The van der Waals surface area contributed by atoms with Gasteiger partial charge in [-0.1, -0.05) is 17.8 Å². The van der Waals surface area contributed by atoms with Crippen LogP contribution in [0.2, 0.25) is 0 Å². The number of thioether (sulfide) groups is 1. The second-order valence-electron chi connectivity index (χ2n) is 6.24.